The molecule has 0 bridgehead atoms. The van der Waals surface area contributed by atoms with E-state index in [1.165, 1.54) is 6.21 Å². The van der Waals surface area contributed by atoms with Crippen molar-refractivity contribution in [2.75, 3.05) is 7.11 Å². The molecule has 1 amide bonds. The fourth-order valence-electron chi connectivity index (χ4n) is 2.53. The maximum Gasteiger partial charge on any atom is 0.271 e. The molecule has 0 aliphatic rings. The number of hydrazone groups is 1. The molecule has 5 nitrogen and oxygen atoms in total. The van der Waals surface area contributed by atoms with Gasteiger partial charge in [0.15, 0.2) is 11.5 Å². The molecule has 0 radical (unpaired) electrons. The van der Waals surface area contributed by atoms with E-state index >= 15 is 0 Å². The maximum absolute atomic E-state index is 12.1. The molecule has 1 N–H and O–H groups in total. The Balaban J connectivity index is 1.75. The highest BCUT2D eigenvalue weighted by Crippen LogP contribution is 2.31. The smallest absolute Gasteiger partial charge is 0.271 e. The second kappa shape index (κ2) is 9.58. The third kappa shape index (κ3) is 4.90. The van der Waals surface area contributed by atoms with Crippen molar-refractivity contribution in [2.24, 2.45) is 5.10 Å². The molecule has 0 aliphatic carbocycles. The van der Waals surface area contributed by atoms with E-state index in [4.69, 9.17) is 21.1 Å². The minimum Gasteiger partial charge on any atom is -0.493 e. The molecule has 6 heteroatoms. The van der Waals surface area contributed by atoms with Gasteiger partial charge < -0.3 is 9.47 Å². The molecule has 0 aromatic heterocycles. The first kappa shape index (κ1) is 19.5. The zero-order valence-electron chi connectivity index (χ0n) is 15.3. The quantitative estimate of drug-likeness (QED) is 0.467. The highest BCUT2D eigenvalue weighted by Gasteiger charge is 2.11. The Bertz CT molecular complexity index is 975. The zero-order chi connectivity index (χ0) is 19.8. The van der Waals surface area contributed by atoms with Crippen molar-refractivity contribution in [1.29, 1.82) is 0 Å². The number of benzene rings is 3. The molecular weight excluding hydrogens is 376 g/mol. The van der Waals surface area contributed by atoms with Crippen LogP contribution in [0, 0.1) is 0 Å². The van der Waals surface area contributed by atoms with Gasteiger partial charge in [-0.05, 0) is 30.3 Å². The second-order valence-corrected chi connectivity index (χ2v) is 6.23. The first-order valence-electron chi connectivity index (χ1n) is 8.60. The van der Waals surface area contributed by atoms with E-state index in [0.717, 1.165) is 5.56 Å². The van der Waals surface area contributed by atoms with Crippen molar-refractivity contribution in [3.8, 4) is 11.5 Å². The number of carbonyl (C=O) groups excluding carboxylic acids is 1. The molecule has 3 aromatic carbocycles. The van der Waals surface area contributed by atoms with Gasteiger partial charge in [0.25, 0.3) is 5.91 Å². The molecule has 28 heavy (non-hydrogen) atoms. The summed E-state index contributed by atoms with van der Waals surface area (Å²) in [6, 6.07) is 21.8. The first-order valence-corrected chi connectivity index (χ1v) is 8.98. The predicted molar refractivity (Wildman–Crippen MR) is 110 cm³/mol. The molecule has 0 aliphatic heterocycles. The van der Waals surface area contributed by atoms with E-state index in [0.29, 0.717) is 27.6 Å². The second-order valence-electron chi connectivity index (χ2n) is 5.82. The molecule has 0 spiro atoms. The number of rotatable bonds is 7. The number of ether oxygens (including phenoxy) is 2. The van der Waals surface area contributed by atoms with E-state index in [1.807, 2.05) is 42.5 Å². The lowest BCUT2D eigenvalue weighted by atomic mass is 10.2. The third-order valence-electron chi connectivity index (χ3n) is 3.96. The fourth-order valence-corrected chi connectivity index (χ4v) is 2.72. The summed E-state index contributed by atoms with van der Waals surface area (Å²) in [4.78, 5) is 12.1. The van der Waals surface area contributed by atoms with E-state index in [9.17, 15) is 4.79 Å². The Morgan fingerprint density at radius 3 is 2.54 bits per heavy atom. The highest BCUT2D eigenvalue weighted by molar-refractivity contribution is 6.31. The number of nitrogens with zero attached hydrogens (tertiary/aromatic N) is 1. The van der Waals surface area contributed by atoms with Crippen LogP contribution in [0.25, 0.3) is 0 Å². The van der Waals surface area contributed by atoms with Crippen molar-refractivity contribution in [2.45, 2.75) is 6.61 Å². The lowest BCUT2D eigenvalue weighted by Crippen LogP contribution is -2.17. The lowest BCUT2D eigenvalue weighted by molar-refractivity contribution is 0.0955. The Labute approximate surface area is 168 Å². The summed E-state index contributed by atoms with van der Waals surface area (Å²) in [5.41, 5.74) is 4.56. The van der Waals surface area contributed by atoms with Crippen molar-refractivity contribution >= 4 is 23.7 Å². The van der Waals surface area contributed by atoms with Gasteiger partial charge in [0.2, 0.25) is 0 Å². The molecular formula is C22H19ClN2O3. The van der Waals surface area contributed by atoms with E-state index in [1.54, 1.807) is 37.4 Å². The standard InChI is InChI=1S/C22H19ClN2O3/c1-27-20-13-7-11-17(14-24-25-22(26)16-8-3-2-4-9-16)21(20)28-15-18-10-5-6-12-19(18)23/h2-14H,15H2,1H3,(H,25,26)/b24-14-. The van der Waals surface area contributed by atoms with Crippen LogP contribution in [0.3, 0.4) is 0 Å². The summed E-state index contributed by atoms with van der Waals surface area (Å²) in [7, 11) is 1.57. The minimum atomic E-state index is -0.293. The van der Waals surface area contributed by atoms with Gasteiger partial charge in [-0.25, -0.2) is 5.43 Å². The van der Waals surface area contributed by atoms with Crippen LogP contribution in [0.2, 0.25) is 5.02 Å². The highest BCUT2D eigenvalue weighted by atomic mass is 35.5. The van der Waals surface area contributed by atoms with Crippen molar-refractivity contribution in [3.63, 3.8) is 0 Å². The maximum atomic E-state index is 12.1. The molecule has 0 saturated carbocycles. The van der Waals surface area contributed by atoms with Gasteiger partial charge in [0, 0.05) is 21.7 Å². The number of nitrogens with one attached hydrogen (secondary N) is 1. The summed E-state index contributed by atoms with van der Waals surface area (Å²) in [6.07, 6.45) is 1.52. The van der Waals surface area contributed by atoms with Gasteiger partial charge in [-0.3, -0.25) is 4.79 Å². The molecule has 3 aromatic rings. The van der Waals surface area contributed by atoms with Crippen LogP contribution in [0.15, 0.2) is 77.9 Å². The van der Waals surface area contributed by atoms with Crippen molar-refractivity contribution in [3.05, 3.63) is 94.5 Å². The summed E-state index contributed by atoms with van der Waals surface area (Å²) in [6.45, 7) is 0.275. The molecule has 3 rings (SSSR count). The Kier molecular flexibility index (Phi) is 6.65. The number of methoxy groups -OCH3 is 1. The lowest BCUT2D eigenvalue weighted by Gasteiger charge is -2.13. The van der Waals surface area contributed by atoms with E-state index in [-0.39, 0.29) is 12.5 Å². The Hall–Kier alpha value is -3.31. The topological polar surface area (TPSA) is 59.9 Å². The number of hydrogen-bond acceptors (Lipinski definition) is 4. The largest absolute Gasteiger partial charge is 0.493 e. The molecule has 0 fully saturated rings. The normalized spacial score (nSPS) is 10.6. The molecule has 0 unspecified atom stereocenters. The summed E-state index contributed by atoms with van der Waals surface area (Å²) >= 11 is 6.20. The molecule has 0 atom stereocenters. The van der Waals surface area contributed by atoms with Gasteiger partial charge in [-0.1, -0.05) is 54.1 Å². The zero-order valence-corrected chi connectivity index (χ0v) is 16.0. The van der Waals surface area contributed by atoms with Crippen molar-refractivity contribution in [1.82, 2.24) is 5.43 Å². The van der Waals surface area contributed by atoms with Crippen LogP contribution in [-0.4, -0.2) is 19.2 Å². The van der Waals surface area contributed by atoms with Crippen LogP contribution in [0.5, 0.6) is 11.5 Å². The van der Waals surface area contributed by atoms with Gasteiger partial charge >= 0.3 is 0 Å². The fraction of sp³-hybridized carbons (Fsp3) is 0.0909. The third-order valence-corrected chi connectivity index (χ3v) is 4.33. The Morgan fingerprint density at radius 1 is 1.04 bits per heavy atom. The summed E-state index contributed by atoms with van der Waals surface area (Å²) in [5, 5.41) is 4.67. The molecule has 0 heterocycles. The van der Waals surface area contributed by atoms with Crippen LogP contribution >= 0.6 is 11.6 Å². The van der Waals surface area contributed by atoms with Crippen molar-refractivity contribution < 1.29 is 14.3 Å². The number of carbonyl (C=O) groups is 1. The van der Waals surface area contributed by atoms with E-state index < -0.39 is 0 Å². The monoisotopic (exact) mass is 394 g/mol. The summed E-state index contributed by atoms with van der Waals surface area (Å²) < 4.78 is 11.3. The average molecular weight is 395 g/mol. The molecule has 0 saturated heterocycles. The van der Waals surface area contributed by atoms with E-state index in [2.05, 4.69) is 10.5 Å². The van der Waals surface area contributed by atoms with Gasteiger partial charge in [0.05, 0.1) is 13.3 Å². The summed E-state index contributed by atoms with van der Waals surface area (Å²) in [5.74, 6) is 0.784. The van der Waals surface area contributed by atoms with Crippen LogP contribution in [0.1, 0.15) is 21.5 Å². The van der Waals surface area contributed by atoms with Crippen LogP contribution in [-0.2, 0) is 6.61 Å². The van der Waals surface area contributed by atoms with Gasteiger partial charge in [0.1, 0.15) is 6.61 Å². The average Bonchev–Trinajstić information content (AvgIpc) is 2.74. The number of halogens is 1. The van der Waals surface area contributed by atoms with Crippen LogP contribution in [0.4, 0.5) is 0 Å². The Morgan fingerprint density at radius 2 is 1.79 bits per heavy atom. The number of hydrogen-bond donors (Lipinski definition) is 1. The van der Waals surface area contributed by atoms with Gasteiger partial charge in [-0.15, -0.1) is 0 Å². The first-order chi connectivity index (χ1) is 13.7. The van der Waals surface area contributed by atoms with Gasteiger partial charge in [-0.2, -0.15) is 5.10 Å². The molecule has 142 valence electrons. The SMILES string of the molecule is COc1cccc(/C=N\NC(=O)c2ccccc2)c1OCc1ccccc1Cl. The number of para-hydroxylation sites is 1. The number of amides is 1. The minimum absolute atomic E-state index is 0.275. The van der Waals surface area contributed by atoms with Crippen LogP contribution < -0.4 is 14.9 Å². The predicted octanol–water partition coefficient (Wildman–Crippen LogP) is 4.69.